The van der Waals surface area contributed by atoms with E-state index in [9.17, 15) is 0 Å². The third-order valence-electron chi connectivity index (χ3n) is 3.39. The summed E-state index contributed by atoms with van der Waals surface area (Å²) in [6, 6.07) is 21.9. The Balaban J connectivity index is 0.000000339. The van der Waals surface area contributed by atoms with Gasteiger partial charge in [0.2, 0.25) is 0 Å². The second kappa shape index (κ2) is 4.52. The minimum absolute atomic E-state index is 0.250. The summed E-state index contributed by atoms with van der Waals surface area (Å²) in [7, 11) is 0. The molecule has 0 spiro atoms. The van der Waals surface area contributed by atoms with E-state index in [4.69, 9.17) is 9.59 Å². The zero-order valence-corrected chi connectivity index (χ0v) is 10.1. The van der Waals surface area contributed by atoms with Crippen LogP contribution in [0.4, 0.5) is 0 Å². The van der Waals surface area contributed by atoms with Crippen LogP contribution >= 0.6 is 0 Å². The van der Waals surface area contributed by atoms with E-state index in [2.05, 4.69) is 60.7 Å². The first-order valence-corrected chi connectivity index (χ1v) is 5.97. The van der Waals surface area contributed by atoms with Gasteiger partial charge in [0, 0.05) is 0 Å². The van der Waals surface area contributed by atoms with Crippen LogP contribution in [0, 0.1) is 0 Å². The lowest BCUT2D eigenvalue weighted by Crippen LogP contribution is -1.82. The van der Waals surface area contributed by atoms with Crippen molar-refractivity contribution in [1.29, 1.82) is 0 Å². The summed E-state index contributed by atoms with van der Waals surface area (Å²) in [6.07, 6.45) is 0.250. The molecule has 0 aliphatic carbocycles. The van der Waals surface area contributed by atoms with E-state index in [1.807, 2.05) is 0 Å². The van der Waals surface area contributed by atoms with Gasteiger partial charge < -0.3 is 0 Å². The van der Waals surface area contributed by atoms with Gasteiger partial charge in [-0.15, -0.1) is 0 Å². The van der Waals surface area contributed by atoms with Crippen molar-refractivity contribution in [3.8, 4) is 0 Å². The lowest BCUT2D eigenvalue weighted by molar-refractivity contribution is -0.191. The predicted octanol–water partition coefficient (Wildman–Crippen LogP) is 4.00. The van der Waals surface area contributed by atoms with E-state index in [1.165, 1.54) is 32.3 Å². The maximum Gasteiger partial charge on any atom is 0.373 e. The molecule has 0 saturated carbocycles. The Morgan fingerprint density at radius 1 is 0.526 bits per heavy atom. The van der Waals surface area contributed by atoms with Crippen LogP contribution in [0.3, 0.4) is 0 Å². The van der Waals surface area contributed by atoms with Gasteiger partial charge in [-0.2, -0.15) is 9.59 Å². The minimum atomic E-state index is 0.250. The quantitative estimate of drug-likeness (QED) is 0.439. The molecule has 0 aromatic heterocycles. The third kappa shape index (κ3) is 1.75. The molecule has 0 saturated heterocycles. The van der Waals surface area contributed by atoms with Crippen LogP contribution in [-0.4, -0.2) is 6.15 Å². The second-order valence-corrected chi connectivity index (χ2v) is 4.37. The first-order chi connectivity index (χ1) is 9.35. The zero-order valence-electron chi connectivity index (χ0n) is 10.1. The minimum Gasteiger partial charge on any atom is -0.186 e. The van der Waals surface area contributed by atoms with E-state index >= 15 is 0 Å². The fourth-order valence-corrected chi connectivity index (χ4v) is 2.67. The van der Waals surface area contributed by atoms with Crippen LogP contribution in [0.1, 0.15) is 0 Å². The standard InChI is InChI=1S/C16H10.CO2/c1-3-11-7-9-13-5-2-6-14-10-8-12(4-1)15(11)16(13)14;2-1-3/h1-10H;. The summed E-state index contributed by atoms with van der Waals surface area (Å²) < 4.78 is 0. The van der Waals surface area contributed by atoms with Gasteiger partial charge in [-0.05, 0) is 32.3 Å². The van der Waals surface area contributed by atoms with Gasteiger partial charge in [-0.1, -0.05) is 60.7 Å². The van der Waals surface area contributed by atoms with Crippen molar-refractivity contribution in [2.24, 2.45) is 0 Å². The predicted molar refractivity (Wildman–Crippen MR) is 75.2 cm³/mol. The molecule has 0 fully saturated rings. The molecule has 2 nitrogen and oxygen atoms in total. The Hall–Kier alpha value is -2.70. The number of rotatable bonds is 0. The van der Waals surface area contributed by atoms with Crippen LogP contribution in [-0.2, 0) is 9.59 Å². The summed E-state index contributed by atoms with van der Waals surface area (Å²) in [4.78, 5) is 16.2. The Morgan fingerprint density at radius 3 is 1.05 bits per heavy atom. The van der Waals surface area contributed by atoms with Crippen molar-refractivity contribution < 1.29 is 9.59 Å². The van der Waals surface area contributed by atoms with Gasteiger partial charge in [0.15, 0.2) is 0 Å². The highest BCUT2D eigenvalue weighted by Crippen LogP contribution is 2.33. The maximum absolute atomic E-state index is 8.12. The van der Waals surface area contributed by atoms with Crippen molar-refractivity contribution in [3.63, 3.8) is 0 Å². The van der Waals surface area contributed by atoms with Crippen LogP contribution in [0.15, 0.2) is 60.7 Å². The fraction of sp³-hybridized carbons (Fsp3) is 0. The molecule has 4 aromatic rings. The molecule has 4 aromatic carbocycles. The van der Waals surface area contributed by atoms with E-state index < -0.39 is 0 Å². The summed E-state index contributed by atoms with van der Waals surface area (Å²) in [5, 5.41) is 8.14. The lowest BCUT2D eigenvalue weighted by atomic mass is 9.95. The molecule has 19 heavy (non-hydrogen) atoms. The van der Waals surface area contributed by atoms with E-state index in [0.29, 0.717) is 0 Å². The number of carbonyl (C=O) groups excluding carboxylic acids is 2. The first-order valence-electron chi connectivity index (χ1n) is 5.97. The van der Waals surface area contributed by atoms with E-state index in [0.717, 1.165) is 0 Å². The molecule has 0 heterocycles. The average Bonchev–Trinajstić information content (AvgIpc) is 2.46. The summed E-state index contributed by atoms with van der Waals surface area (Å²) >= 11 is 0. The molecular formula is C17H10O2. The Bertz CT molecular complexity index is 757. The highest BCUT2D eigenvalue weighted by atomic mass is 16.2. The number of hydrogen-bond donors (Lipinski definition) is 0. The zero-order chi connectivity index (χ0) is 13.2. The highest BCUT2D eigenvalue weighted by molar-refractivity contribution is 6.22. The molecule has 0 N–H and O–H groups in total. The molecular weight excluding hydrogens is 236 g/mol. The van der Waals surface area contributed by atoms with Crippen molar-refractivity contribution in [1.82, 2.24) is 0 Å². The van der Waals surface area contributed by atoms with E-state index in [-0.39, 0.29) is 6.15 Å². The van der Waals surface area contributed by atoms with Crippen molar-refractivity contribution in [2.45, 2.75) is 0 Å². The molecule has 0 radical (unpaired) electrons. The summed E-state index contributed by atoms with van der Waals surface area (Å²) in [5.41, 5.74) is 0. The van der Waals surface area contributed by atoms with Crippen molar-refractivity contribution in [3.05, 3.63) is 60.7 Å². The Kier molecular flexibility index (Phi) is 2.71. The third-order valence-corrected chi connectivity index (χ3v) is 3.39. The fourth-order valence-electron chi connectivity index (χ4n) is 2.67. The number of benzene rings is 4. The topological polar surface area (TPSA) is 34.1 Å². The van der Waals surface area contributed by atoms with Crippen LogP contribution in [0.5, 0.6) is 0 Å². The first kappa shape index (κ1) is 11.4. The van der Waals surface area contributed by atoms with Gasteiger partial charge >= 0.3 is 6.15 Å². The molecule has 2 heteroatoms. The second-order valence-electron chi connectivity index (χ2n) is 4.37. The summed E-state index contributed by atoms with van der Waals surface area (Å²) in [5.74, 6) is 0. The lowest BCUT2D eigenvalue weighted by Gasteiger charge is -2.09. The average molecular weight is 246 g/mol. The SMILES string of the molecule is O=C=O.c1cc2ccc3cccc4ccc(c1)c2c34. The van der Waals surface area contributed by atoms with Gasteiger partial charge in [0.25, 0.3) is 0 Å². The monoisotopic (exact) mass is 246 g/mol. The maximum atomic E-state index is 8.12. The molecule has 0 unspecified atom stereocenters. The van der Waals surface area contributed by atoms with E-state index in [1.54, 1.807) is 0 Å². The molecule has 0 atom stereocenters. The molecule has 0 aliphatic rings. The molecule has 4 rings (SSSR count). The normalized spacial score (nSPS) is 10.3. The molecule has 0 amide bonds. The van der Waals surface area contributed by atoms with Gasteiger partial charge in [-0.25, -0.2) is 0 Å². The largest absolute Gasteiger partial charge is 0.373 e. The molecule has 0 aliphatic heterocycles. The Labute approximate surface area is 109 Å². The van der Waals surface area contributed by atoms with Gasteiger partial charge in [-0.3, -0.25) is 0 Å². The Morgan fingerprint density at radius 2 is 0.789 bits per heavy atom. The van der Waals surface area contributed by atoms with Gasteiger partial charge in [0.1, 0.15) is 0 Å². The highest BCUT2D eigenvalue weighted by Gasteiger charge is 2.05. The van der Waals surface area contributed by atoms with Crippen molar-refractivity contribution >= 4 is 38.5 Å². The smallest absolute Gasteiger partial charge is 0.186 e. The molecule has 0 bridgehead atoms. The van der Waals surface area contributed by atoms with Crippen LogP contribution < -0.4 is 0 Å². The number of hydrogen-bond acceptors (Lipinski definition) is 2. The van der Waals surface area contributed by atoms with Crippen molar-refractivity contribution in [2.75, 3.05) is 0 Å². The van der Waals surface area contributed by atoms with Crippen LogP contribution in [0.25, 0.3) is 32.3 Å². The van der Waals surface area contributed by atoms with Gasteiger partial charge in [0.05, 0.1) is 0 Å². The summed E-state index contributed by atoms with van der Waals surface area (Å²) in [6.45, 7) is 0. The van der Waals surface area contributed by atoms with Crippen LogP contribution in [0.2, 0.25) is 0 Å². The molecule has 90 valence electrons.